The molecule has 3 fully saturated rings. The van der Waals surface area contributed by atoms with Gasteiger partial charge in [0.1, 0.15) is 6.61 Å². The predicted octanol–water partition coefficient (Wildman–Crippen LogP) is 3.37. The van der Waals surface area contributed by atoms with Gasteiger partial charge in [-0.15, -0.1) is 11.6 Å². The van der Waals surface area contributed by atoms with Gasteiger partial charge in [0.15, 0.2) is 11.4 Å². The number of carbonyl (C=O) groups excluding carboxylic acids is 3. The summed E-state index contributed by atoms with van der Waals surface area (Å²) in [4.78, 5) is 36.9. The number of allylic oxidation sites excluding steroid dienone is 4. The molecule has 3 unspecified atom stereocenters. The minimum absolute atomic E-state index is 0.0624. The lowest BCUT2D eigenvalue weighted by atomic mass is 9.44. The van der Waals surface area contributed by atoms with Crippen LogP contribution in [0.5, 0.6) is 0 Å². The second-order valence-corrected chi connectivity index (χ2v) is 11.7. The van der Waals surface area contributed by atoms with Crippen molar-refractivity contribution in [2.24, 2.45) is 34.5 Å². The van der Waals surface area contributed by atoms with Crippen LogP contribution in [-0.2, 0) is 19.1 Å². The van der Waals surface area contributed by atoms with Crippen LogP contribution in [0.2, 0.25) is 0 Å². The molecule has 9 atom stereocenters. The standard InChI is InChI=1S/C26H35ClO6/c1-6-22(32)33-26(21(31)13-28)15(3)10-18-19-9-14(2)17-11-16(29)7-8-23(17,4)25(19,27)20(30)12-24(18,26)5/h7-8,11,14-15,18-20,28,30H,6,9-10,12-13H2,1-5H3/t14?,15?,18-,19-,20?,23-,24-,25-,26-/m0/s1. The first-order valence-electron chi connectivity index (χ1n) is 12.0. The number of fused-ring (bicyclic) bond motifs is 5. The minimum Gasteiger partial charge on any atom is -0.450 e. The zero-order valence-corrected chi connectivity index (χ0v) is 20.8. The van der Waals surface area contributed by atoms with Gasteiger partial charge in [-0.05, 0) is 49.2 Å². The van der Waals surface area contributed by atoms with Crippen LogP contribution in [0.15, 0.2) is 23.8 Å². The van der Waals surface area contributed by atoms with Gasteiger partial charge in [0.25, 0.3) is 0 Å². The third kappa shape index (κ3) is 2.90. The van der Waals surface area contributed by atoms with E-state index in [1.54, 1.807) is 13.0 Å². The molecule has 4 aliphatic carbocycles. The highest BCUT2D eigenvalue weighted by Crippen LogP contribution is 2.72. The summed E-state index contributed by atoms with van der Waals surface area (Å²) in [5, 5.41) is 21.6. The molecule has 0 aliphatic heterocycles. The molecule has 0 amide bonds. The van der Waals surface area contributed by atoms with Gasteiger partial charge in [0.05, 0.1) is 11.0 Å². The number of hydrogen-bond acceptors (Lipinski definition) is 6. The van der Waals surface area contributed by atoms with Crippen LogP contribution < -0.4 is 0 Å². The van der Waals surface area contributed by atoms with Crippen molar-refractivity contribution in [3.63, 3.8) is 0 Å². The topological polar surface area (TPSA) is 101 Å². The number of ether oxygens (including phenoxy) is 1. The van der Waals surface area contributed by atoms with Crippen molar-refractivity contribution in [2.45, 2.75) is 76.9 Å². The van der Waals surface area contributed by atoms with E-state index < -0.39 is 45.8 Å². The summed E-state index contributed by atoms with van der Waals surface area (Å²) < 4.78 is 5.95. The number of alkyl halides is 1. The molecule has 0 aromatic carbocycles. The quantitative estimate of drug-likeness (QED) is 0.474. The zero-order valence-electron chi connectivity index (χ0n) is 20.1. The Morgan fingerprint density at radius 2 is 1.88 bits per heavy atom. The second kappa shape index (κ2) is 7.76. The largest absolute Gasteiger partial charge is 0.450 e. The van der Waals surface area contributed by atoms with Crippen molar-refractivity contribution in [2.75, 3.05) is 6.61 Å². The minimum atomic E-state index is -1.52. The molecule has 7 heteroatoms. The van der Waals surface area contributed by atoms with E-state index in [9.17, 15) is 24.6 Å². The van der Waals surface area contributed by atoms with E-state index in [0.29, 0.717) is 12.8 Å². The third-order valence-corrected chi connectivity index (χ3v) is 10.6. The average Bonchev–Trinajstić information content (AvgIpc) is 2.98. The molecule has 4 aliphatic rings. The summed E-state index contributed by atoms with van der Waals surface area (Å²) in [6.45, 7) is 8.81. The highest BCUT2D eigenvalue weighted by atomic mass is 35.5. The lowest BCUT2D eigenvalue weighted by Gasteiger charge is -2.65. The van der Waals surface area contributed by atoms with Crippen LogP contribution in [0.3, 0.4) is 0 Å². The number of ketones is 2. The second-order valence-electron chi connectivity index (χ2n) is 11.1. The van der Waals surface area contributed by atoms with E-state index in [0.717, 1.165) is 5.57 Å². The van der Waals surface area contributed by atoms with Crippen LogP contribution in [0.25, 0.3) is 0 Å². The van der Waals surface area contributed by atoms with Crippen LogP contribution in [0, 0.1) is 34.5 Å². The Kier molecular flexibility index (Phi) is 5.79. The van der Waals surface area contributed by atoms with E-state index in [1.165, 1.54) is 6.08 Å². The first kappa shape index (κ1) is 24.6. The molecule has 0 aromatic heterocycles. The zero-order chi connectivity index (χ0) is 24.6. The summed E-state index contributed by atoms with van der Waals surface area (Å²) >= 11 is 7.48. The lowest BCUT2D eigenvalue weighted by molar-refractivity contribution is -0.203. The van der Waals surface area contributed by atoms with Gasteiger partial charge < -0.3 is 14.9 Å². The van der Waals surface area contributed by atoms with Gasteiger partial charge in [-0.25, -0.2) is 0 Å². The van der Waals surface area contributed by atoms with Crippen LogP contribution in [-0.4, -0.2) is 50.9 Å². The third-order valence-electron chi connectivity index (χ3n) is 9.63. The lowest BCUT2D eigenvalue weighted by Crippen LogP contribution is -2.70. The molecule has 0 bridgehead atoms. The molecule has 0 saturated heterocycles. The predicted molar refractivity (Wildman–Crippen MR) is 123 cm³/mol. The van der Waals surface area contributed by atoms with Gasteiger partial charge in [-0.3, -0.25) is 14.4 Å². The van der Waals surface area contributed by atoms with Crippen molar-refractivity contribution >= 4 is 29.1 Å². The normalized spacial score (nSPS) is 48.4. The monoisotopic (exact) mass is 478 g/mol. The van der Waals surface area contributed by atoms with Gasteiger partial charge in [0.2, 0.25) is 5.78 Å². The van der Waals surface area contributed by atoms with E-state index >= 15 is 0 Å². The maximum absolute atomic E-state index is 13.3. The number of Topliss-reactive ketones (excluding diaryl/α,β-unsaturated/α-hetero) is 1. The Balaban J connectivity index is 1.88. The Hall–Kier alpha value is -1.50. The fourth-order valence-corrected chi connectivity index (χ4v) is 8.65. The summed E-state index contributed by atoms with van der Waals surface area (Å²) in [7, 11) is 0. The molecule has 33 heavy (non-hydrogen) atoms. The molecular weight excluding hydrogens is 444 g/mol. The number of carbonyl (C=O) groups is 3. The molecule has 0 aromatic rings. The molecule has 0 heterocycles. The summed E-state index contributed by atoms with van der Waals surface area (Å²) in [5.41, 5.74) is -2.19. The van der Waals surface area contributed by atoms with Crippen molar-refractivity contribution in [3.8, 4) is 0 Å². The number of aliphatic hydroxyl groups is 2. The van der Waals surface area contributed by atoms with E-state index in [2.05, 4.69) is 6.92 Å². The van der Waals surface area contributed by atoms with Crippen LogP contribution in [0.1, 0.15) is 60.3 Å². The molecule has 3 saturated carbocycles. The van der Waals surface area contributed by atoms with E-state index in [4.69, 9.17) is 16.3 Å². The van der Waals surface area contributed by atoms with Gasteiger partial charge in [0, 0.05) is 23.2 Å². The maximum atomic E-state index is 13.3. The number of hydrogen-bond donors (Lipinski definition) is 2. The Morgan fingerprint density at radius 3 is 2.48 bits per heavy atom. The number of halogens is 1. The van der Waals surface area contributed by atoms with Crippen molar-refractivity contribution < 1.29 is 29.3 Å². The number of esters is 1. The fraction of sp³-hybridized carbons (Fsp3) is 0.731. The van der Waals surface area contributed by atoms with Crippen molar-refractivity contribution in [3.05, 3.63) is 23.8 Å². The highest BCUT2D eigenvalue weighted by Gasteiger charge is 2.76. The highest BCUT2D eigenvalue weighted by molar-refractivity contribution is 6.26. The summed E-state index contributed by atoms with van der Waals surface area (Å²) in [5.74, 6) is -1.65. The molecule has 182 valence electrons. The molecule has 4 rings (SSSR count). The van der Waals surface area contributed by atoms with Crippen LogP contribution in [0.4, 0.5) is 0 Å². The van der Waals surface area contributed by atoms with Gasteiger partial charge >= 0.3 is 5.97 Å². The first-order valence-corrected chi connectivity index (χ1v) is 12.4. The Bertz CT molecular complexity index is 956. The molecule has 6 nitrogen and oxygen atoms in total. The molecular formula is C26H35ClO6. The van der Waals surface area contributed by atoms with Gasteiger partial charge in [-0.2, -0.15) is 0 Å². The maximum Gasteiger partial charge on any atom is 0.306 e. The molecule has 2 N–H and O–H groups in total. The smallest absolute Gasteiger partial charge is 0.306 e. The Morgan fingerprint density at radius 1 is 1.21 bits per heavy atom. The van der Waals surface area contributed by atoms with E-state index in [1.807, 2.05) is 26.8 Å². The SMILES string of the molecule is CCC(=O)O[C@]1(C(=O)CO)C(C)C[C@H]2[C@@H]3CC(C)C4=CC(=O)C=C[C@]4(C)[C@@]3(Cl)C(O)C[C@@]21C. The number of rotatable bonds is 4. The molecule has 0 spiro atoms. The van der Waals surface area contributed by atoms with Crippen LogP contribution >= 0.6 is 11.6 Å². The number of aliphatic hydroxyl groups excluding tert-OH is 2. The summed E-state index contributed by atoms with van der Waals surface area (Å²) in [6, 6.07) is 0. The fourth-order valence-electron chi connectivity index (χ4n) is 8.16. The Labute approximate surface area is 200 Å². The first-order chi connectivity index (χ1) is 15.3. The van der Waals surface area contributed by atoms with E-state index in [-0.39, 0.29) is 42.3 Å². The van der Waals surface area contributed by atoms with Gasteiger partial charge in [-0.1, -0.05) is 46.3 Å². The summed E-state index contributed by atoms with van der Waals surface area (Å²) in [6.07, 6.45) is 5.53. The van der Waals surface area contributed by atoms with Crippen molar-refractivity contribution in [1.29, 1.82) is 0 Å². The average molecular weight is 479 g/mol. The van der Waals surface area contributed by atoms with Crippen molar-refractivity contribution in [1.82, 2.24) is 0 Å². The molecule has 0 radical (unpaired) electrons.